The Hall–Kier alpha value is -1.17. The zero-order valence-corrected chi connectivity index (χ0v) is 15.1. The second kappa shape index (κ2) is 8.62. The molecule has 1 amide bonds. The van der Waals surface area contributed by atoms with Crippen molar-refractivity contribution in [3.63, 3.8) is 0 Å². The molecule has 0 bridgehead atoms. The number of nitrogens with one attached hydrogen (secondary N) is 1. The first kappa shape index (κ1) is 19.9. The highest BCUT2D eigenvalue weighted by molar-refractivity contribution is 6.32. The molecule has 1 aliphatic rings. The van der Waals surface area contributed by atoms with Gasteiger partial charge in [-0.3, -0.25) is 4.79 Å². The van der Waals surface area contributed by atoms with E-state index in [4.69, 9.17) is 26.8 Å². The van der Waals surface area contributed by atoms with E-state index in [0.717, 1.165) is 18.4 Å². The molecule has 0 saturated carbocycles. The van der Waals surface area contributed by atoms with Crippen molar-refractivity contribution in [1.29, 1.82) is 0 Å². The monoisotopic (exact) mass is 362 g/mol. The minimum atomic E-state index is -0.347. The average molecular weight is 363 g/mol. The Bertz CT molecular complexity index is 548. The first-order valence-electron chi connectivity index (χ1n) is 7.61. The summed E-state index contributed by atoms with van der Waals surface area (Å²) in [5.41, 5.74) is 6.63. The van der Waals surface area contributed by atoms with Crippen LogP contribution in [0.2, 0.25) is 5.02 Å². The van der Waals surface area contributed by atoms with Gasteiger partial charge in [-0.15, -0.1) is 12.4 Å². The number of hydrogen-bond acceptors (Lipinski definition) is 4. The van der Waals surface area contributed by atoms with Crippen molar-refractivity contribution in [2.24, 2.45) is 5.73 Å². The van der Waals surface area contributed by atoms with Gasteiger partial charge in [0.2, 0.25) is 5.91 Å². The third-order valence-corrected chi connectivity index (χ3v) is 4.35. The number of rotatable bonds is 6. The van der Waals surface area contributed by atoms with Crippen LogP contribution in [0.5, 0.6) is 11.5 Å². The molecule has 0 aliphatic carbocycles. The Balaban J connectivity index is 0.00000264. The number of nitrogens with two attached hydrogens (primary N) is 1. The highest BCUT2D eigenvalue weighted by Crippen LogP contribution is 2.38. The van der Waals surface area contributed by atoms with E-state index in [1.807, 2.05) is 13.8 Å². The molecule has 7 heteroatoms. The number of benzene rings is 1. The average Bonchev–Trinajstić information content (AvgIpc) is 2.53. The Morgan fingerprint density at radius 3 is 2.61 bits per heavy atom. The Morgan fingerprint density at radius 2 is 1.96 bits per heavy atom. The minimum absolute atomic E-state index is 0. The quantitative estimate of drug-likeness (QED) is 0.815. The fourth-order valence-corrected chi connectivity index (χ4v) is 2.58. The van der Waals surface area contributed by atoms with Crippen molar-refractivity contribution >= 4 is 29.9 Å². The first-order chi connectivity index (χ1) is 10.5. The number of fused-ring (bicyclic) bond motifs is 1. The van der Waals surface area contributed by atoms with Crippen molar-refractivity contribution in [3.05, 3.63) is 22.7 Å². The van der Waals surface area contributed by atoms with Crippen LogP contribution in [0.3, 0.4) is 0 Å². The number of amides is 1. The van der Waals surface area contributed by atoms with Crippen molar-refractivity contribution in [2.45, 2.75) is 38.6 Å². The Kier molecular flexibility index (Phi) is 7.45. The van der Waals surface area contributed by atoms with Crippen LogP contribution in [-0.2, 0) is 11.2 Å². The summed E-state index contributed by atoms with van der Waals surface area (Å²) in [6, 6.07) is 3.54. The lowest BCUT2D eigenvalue weighted by Crippen LogP contribution is -2.49. The van der Waals surface area contributed by atoms with Crippen LogP contribution in [0.1, 0.15) is 32.3 Å². The molecule has 0 atom stereocenters. The maximum Gasteiger partial charge on any atom is 0.224 e. The van der Waals surface area contributed by atoms with Crippen molar-refractivity contribution < 1.29 is 14.3 Å². The fourth-order valence-electron chi connectivity index (χ4n) is 2.29. The van der Waals surface area contributed by atoms with E-state index < -0.39 is 0 Å². The molecule has 0 spiro atoms. The molecule has 1 aliphatic heterocycles. The van der Waals surface area contributed by atoms with Gasteiger partial charge in [-0.1, -0.05) is 25.4 Å². The molecule has 0 saturated heterocycles. The van der Waals surface area contributed by atoms with Crippen LogP contribution in [0.15, 0.2) is 12.1 Å². The fraction of sp³-hybridized carbons (Fsp3) is 0.562. The molecule has 0 fully saturated rings. The summed E-state index contributed by atoms with van der Waals surface area (Å²) in [4.78, 5) is 12.1. The molecular formula is C16H24Cl2N2O3. The number of ether oxygens (including phenoxy) is 2. The minimum Gasteiger partial charge on any atom is -0.486 e. The van der Waals surface area contributed by atoms with Crippen LogP contribution in [0, 0.1) is 0 Å². The zero-order chi connectivity index (χ0) is 16.2. The third-order valence-electron chi connectivity index (χ3n) is 4.07. The molecule has 2 rings (SSSR count). The van der Waals surface area contributed by atoms with Crippen LogP contribution in [-0.4, -0.2) is 31.2 Å². The molecule has 3 N–H and O–H groups in total. The number of halogens is 2. The van der Waals surface area contributed by atoms with Gasteiger partial charge in [0.25, 0.3) is 0 Å². The topological polar surface area (TPSA) is 73.6 Å². The molecule has 130 valence electrons. The van der Waals surface area contributed by atoms with E-state index in [0.29, 0.717) is 36.3 Å². The van der Waals surface area contributed by atoms with Crippen molar-refractivity contribution in [1.82, 2.24) is 5.32 Å². The summed E-state index contributed by atoms with van der Waals surface area (Å²) < 4.78 is 11.0. The number of hydrogen-bond donors (Lipinski definition) is 2. The zero-order valence-electron chi connectivity index (χ0n) is 13.5. The second-order valence-corrected chi connectivity index (χ2v) is 6.03. The maximum atomic E-state index is 12.1. The standard InChI is InChI=1S/C16H23ClN2O3.ClH/c1-3-16(18,4-2)10-19-14(20)9-11-7-12(17)15-13(8-11)21-5-6-22-15;/h7-8H,3-6,9-10,18H2,1-2H3,(H,19,20);1H. The van der Waals surface area contributed by atoms with Gasteiger partial charge >= 0.3 is 0 Å². The highest BCUT2D eigenvalue weighted by atomic mass is 35.5. The molecule has 0 aromatic heterocycles. The predicted molar refractivity (Wildman–Crippen MR) is 93.9 cm³/mol. The number of carbonyl (C=O) groups is 1. The van der Waals surface area contributed by atoms with Gasteiger partial charge in [0.1, 0.15) is 13.2 Å². The lowest BCUT2D eigenvalue weighted by atomic mass is 9.94. The summed E-state index contributed by atoms with van der Waals surface area (Å²) >= 11 is 6.17. The molecule has 1 heterocycles. The van der Waals surface area contributed by atoms with Crippen LogP contribution < -0.4 is 20.5 Å². The highest BCUT2D eigenvalue weighted by Gasteiger charge is 2.22. The van der Waals surface area contributed by atoms with Gasteiger partial charge in [-0.2, -0.15) is 0 Å². The Morgan fingerprint density at radius 1 is 1.30 bits per heavy atom. The summed E-state index contributed by atoms with van der Waals surface area (Å²) in [7, 11) is 0. The van der Waals surface area contributed by atoms with Crippen LogP contribution in [0.4, 0.5) is 0 Å². The summed E-state index contributed by atoms with van der Waals surface area (Å²) in [5, 5.41) is 3.36. The largest absolute Gasteiger partial charge is 0.486 e. The first-order valence-corrected chi connectivity index (χ1v) is 7.99. The summed E-state index contributed by atoms with van der Waals surface area (Å²) in [6.07, 6.45) is 1.87. The second-order valence-electron chi connectivity index (χ2n) is 5.62. The molecular weight excluding hydrogens is 339 g/mol. The molecule has 23 heavy (non-hydrogen) atoms. The SMILES string of the molecule is CCC(N)(CC)CNC(=O)Cc1cc(Cl)c2c(c1)OCCO2.Cl. The van der Waals surface area contributed by atoms with Crippen LogP contribution in [0.25, 0.3) is 0 Å². The molecule has 0 unspecified atom stereocenters. The molecule has 5 nitrogen and oxygen atoms in total. The summed E-state index contributed by atoms with van der Waals surface area (Å²) in [5.74, 6) is 1.07. The smallest absolute Gasteiger partial charge is 0.224 e. The van der Waals surface area contributed by atoms with Gasteiger partial charge in [0, 0.05) is 12.1 Å². The van der Waals surface area contributed by atoms with E-state index in [2.05, 4.69) is 5.32 Å². The van der Waals surface area contributed by atoms with E-state index in [1.165, 1.54) is 0 Å². The lowest BCUT2D eigenvalue weighted by molar-refractivity contribution is -0.120. The van der Waals surface area contributed by atoms with Gasteiger partial charge in [0.05, 0.1) is 11.4 Å². The maximum absolute atomic E-state index is 12.1. The normalized spacial score (nSPS) is 13.2. The van der Waals surface area contributed by atoms with Gasteiger partial charge in [-0.05, 0) is 30.5 Å². The van der Waals surface area contributed by atoms with Gasteiger partial charge in [-0.25, -0.2) is 0 Å². The van der Waals surface area contributed by atoms with E-state index in [-0.39, 0.29) is 30.3 Å². The van der Waals surface area contributed by atoms with Gasteiger partial charge in [0.15, 0.2) is 11.5 Å². The lowest BCUT2D eigenvalue weighted by Gasteiger charge is -2.26. The van der Waals surface area contributed by atoms with Crippen molar-refractivity contribution in [3.8, 4) is 11.5 Å². The molecule has 0 radical (unpaired) electrons. The predicted octanol–water partition coefficient (Wildman–Crippen LogP) is 2.71. The van der Waals surface area contributed by atoms with Gasteiger partial charge < -0.3 is 20.5 Å². The van der Waals surface area contributed by atoms with E-state index in [9.17, 15) is 4.79 Å². The van der Waals surface area contributed by atoms with Crippen molar-refractivity contribution in [2.75, 3.05) is 19.8 Å². The summed E-state index contributed by atoms with van der Waals surface area (Å²) in [6.45, 7) is 5.49. The molecule has 1 aromatic rings. The number of carbonyl (C=O) groups excluding carboxylic acids is 1. The van der Waals surface area contributed by atoms with Crippen LogP contribution >= 0.6 is 24.0 Å². The van der Waals surface area contributed by atoms with E-state index in [1.54, 1.807) is 12.1 Å². The molecule has 1 aromatic carbocycles. The van der Waals surface area contributed by atoms with E-state index >= 15 is 0 Å². The third kappa shape index (κ3) is 5.16. The Labute approximate surface area is 148 Å².